The first-order valence-corrected chi connectivity index (χ1v) is 7.18. The molecule has 6 heteroatoms. The average molecular weight is 261 g/mol. The lowest BCUT2D eigenvalue weighted by molar-refractivity contribution is 0.602. The molecule has 16 heavy (non-hydrogen) atoms. The summed E-state index contributed by atoms with van der Waals surface area (Å²) < 4.78 is 22.6. The maximum absolute atomic E-state index is 11.3. The highest BCUT2D eigenvalue weighted by atomic mass is 35.5. The Morgan fingerprint density at radius 2 is 2.19 bits per heavy atom. The van der Waals surface area contributed by atoms with Gasteiger partial charge in [0.05, 0.1) is 22.9 Å². The fourth-order valence-electron chi connectivity index (χ4n) is 1.79. The number of nitrogens with two attached hydrogens (primary N) is 1. The minimum Gasteiger partial charge on any atom is -0.397 e. The van der Waals surface area contributed by atoms with Gasteiger partial charge in [-0.1, -0.05) is 11.6 Å². The quantitative estimate of drug-likeness (QED) is 0.791. The van der Waals surface area contributed by atoms with Gasteiger partial charge in [0.15, 0.2) is 9.84 Å². The Hall–Kier alpha value is -0.940. The maximum atomic E-state index is 11.3. The highest BCUT2D eigenvalue weighted by Crippen LogP contribution is 2.25. The molecule has 1 aromatic rings. The van der Waals surface area contributed by atoms with E-state index < -0.39 is 9.84 Å². The number of benzene rings is 1. The lowest BCUT2D eigenvalue weighted by Gasteiger charge is -2.14. The van der Waals surface area contributed by atoms with Crippen LogP contribution in [0.15, 0.2) is 18.2 Å². The Morgan fingerprint density at radius 3 is 2.75 bits per heavy atom. The van der Waals surface area contributed by atoms with E-state index in [2.05, 4.69) is 5.32 Å². The van der Waals surface area contributed by atoms with Crippen molar-refractivity contribution in [3.63, 3.8) is 0 Å². The van der Waals surface area contributed by atoms with Crippen LogP contribution < -0.4 is 11.1 Å². The van der Waals surface area contributed by atoms with Gasteiger partial charge in [-0.15, -0.1) is 0 Å². The Labute approximate surface area is 99.7 Å². The third-order valence-electron chi connectivity index (χ3n) is 2.61. The summed E-state index contributed by atoms with van der Waals surface area (Å²) in [6.45, 7) is 0. The van der Waals surface area contributed by atoms with Crippen LogP contribution in [0.5, 0.6) is 0 Å². The lowest BCUT2D eigenvalue weighted by atomic mass is 10.2. The van der Waals surface area contributed by atoms with Crippen LogP contribution in [0, 0.1) is 0 Å². The number of sulfone groups is 1. The smallest absolute Gasteiger partial charge is 0.152 e. The average Bonchev–Trinajstić information content (AvgIpc) is 2.51. The monoisotopic (exact) mass is 260 g/mol. The highest BCUT2D eigenvalue weighted by Gasteiger charge is 2.27. The summed E-state index contributed by atoms with van der Waals surface area (Å²) in [5, 5.41) is 3.70. The zero-order valence-corrected chi connectivity index (χ0v) is 10.2. The van der Waals surface area contributed by atoms with E-state index in [1.807, 2.05) is 0 Å². The third kappa shape index (κ3) is 2.59. The number of nitrogens with one attached hydrogen (secondary N) is 1. The van der Waals surface area contributed by atoms with Crippen LogP contribution in [0.25, 0.3) is 0 Å². The van der Waals surface area contributed by atoms with Crippen molar-refractivity contribution in [2.24, 2.45) is 0 Å². The van der Waals surface area contributed by atoms with E-state index in [4.69, 9.17) is 17.3 Å². The van der Waals surface area contributed by atoms with Crippen molar-refractivity contribution in [1.82, 2.24) is 0 Å². The molecule has 0 spiro atoms. The Balaban J connectivity index is 2.11. The van der Waals surface area contributed by atoms with E-state index in [1.54, 1.807) is 18.2 Å². The fraction of sp³-hybridized carbons (Fsp3) is 0.400. The van der Waals surface area contributed by atoms with E-state index in [-0.39, 0.29) is 17.5 Å². The molecule has 1 heterocycles. The first-order chi connectivity index (χ1) is 7.46. The number of rotatable bonds is 2. The largest absolute Gasteiger partial charge is 0.397 e. The minimum atomic E-state index is -2.87. The number of hydrogen-bond acceptors (Lipinski definition) is 4. The molecule has 0 saturated carbocycles. The number of hydrogen-bond donors (Lipinski definition) is 2. The number of nitrogen functional groups attached to an aromatic ring is 1. The van der Waals surface area contributed by atoms with Crippen LogP contribution in [0.1, 0.15) is 6.42 Å². The summed E-state index contributed by atoms with van der Waals surface area (Å²) in [7, 11) is -2.87. The molecule has 1 aliphatic heterocycles. The van der Waals surface area contributed by atoms with Gasteiger partial charge in [0, 0.05) is 11.1 Å². The van der Waals surface area contributed by atoms with E-state index in [0.29, 0.717) is 17.1 Å². The highest BCUT2D eigenvalue weighted by molar-refractivity contribution is 7.91. The zero-order valence-electron chi connectivity index (χ0n) is 8.61. The van der Waals surface area contributed by atoms with Crippen LogP contribution in [0.2, 0.25) is 5.02 Å². The van der Waals surface area contributed by atoms with Gasteiger partial charge in [0.1, 0.15) is 0 Å². The second-order valence-corrected chi connectivity index (χ2v) is 6.64. The molecule has 0 aliphatic carbocycles. The van der Waals surface area contributed by atoms with E-state index in [1.165, 1.54) is 0 Å². The standard InChI is InChI=1S/C10H13ClN2O2S/c11-7-1-2-10(9(12)5-7)13-8-3-4-16(14,15)6-8/h1-2,5,8,13H,3-4,6,12H2. The zero-order chi connectivity index (χ0) is 11.8. The molecule has 1 aliphatic rings. The van der Waals surface area contributed by atoms with Crippen LogP contribution >= 0.6 is 11.6 Å². The van der Waals surface area contributed by atoms with Crippen molar-refractivity contribution in [2.75, 3.05) is 22.6 Å². The van der Waals surface area contributed by atoms with E-state index >= 15 is 0 Å². The second kappa shape index (κ2) is 4.14. The van der Waals surface area contributed by atoms with Crippen LogP contribution in [0.3, 0.4) is 0 Å². The van der Waals surface area contributed by atoms with E-state index in [0.717, 1.165) is 5.69 Å². The summed E-state index contributed by atoms with van der Waals surface area (Å²) in [5.41, 5.74) is 7.05. The first kappa shape index (κ1) is 11.5. The van der Waals surface area contributed by atoms with Crippen LogP contribution in [-0.2, 0) is 9.84 Å². The molecule has 1 fully saturated rings. The Morgan fingerprint density at radius 1 is 1.44 bits per heavy atom. The molecule has 0 radical (unpaired) electrons. The topological polar surface area (TPSA) is 72.2 Å². The Bertz CT molecular complexity index is 502. The van der Waals surface area contributed by atoms with Crippen molar-refractivity contribution in [3.8, 4) is 0 Å². The maximum Gasteiger partial charge on any atom is 0.152 e. The molecule has 1 saturated heterocycles. The van der Waals surface area contributed by atoms with Crippen molar-refractivity contribution < 1.29 is 8.42 Å². The molecular weight excluding hydrogens is 248 g/mol. The van der Waals surface area contributed by atoms with Gasteiger partial charge in [0.25, 0.3) is 0 Å². The van der Waals surface area contributed by atoms with Gasteiger partial charge in [-0.2, -0.15) is 0 Å². The summed E-state index contributed by atoms with van der Waals surface area (Å²) in [6, 6.07) is 5.09. The molecule has 2 rings (SSSR count). The van der Waals surface area contributed by atoms with Gasteiger partial charge in [-0.05, 0) is 24.6 Å². The first-order valence-electron chi connectivity index (χ1n) is 4.98. The SMILES string of the molecule is Nc1cc(Cl)ccc1NC1CCS(=O)(=O)C1. The molecule has 4 nitrogen and oxygen atoms in total. The molecule has 0 amide bonds. The molecule has 3 N–H and O–H groups in total. The van der Waals surface area contributed by atoms with Crippen molar-refractivity contribution in [3.05, 3.63) is 23.2 Å². The summed E-state index contributed by atoms with van der Waals surface area (Å²) in [6.07, 6.45) is 0.629. The fourth-order valence-corrected chi connectivity index (χ4v) is 3.65. The summed E-state index contributed by atoms with van der Waals surface area (Å²) in [5.74, 6) is 0.424. The molecule has 1 atom stereocenters. The molecule has 1 aromatic carbocycles. The lowest BCUT2D eigenvalue weighted by Crippen LogP contribution is -2.21. The van der Waals surface area contributed by atoms with Crippen LogP contribution in [-0.4, -0.2) is 26.0 Å². The summed E-state index contributed by atoms with van der Waals surface area (Å²) >= 11 is 5.78. The third-order valence-corrected chi connectivity index (χ3v) is 4.61. The van der Waals surface area contributed by atoms with Crippen molar-refractivity contribution in [1.29, 1.82) is 0 Å². The molecular formula is C10H13ClN2O2S. The predicted molar refractivity (Wildman–Crippen MR) is 66.5 cm³/mol. The van der Waals surface area contributed by atoms with Crippen molar-refractivity contribution >= 4 is 32.8 Å². The van der Waals surface area contributed by atoms with Gasteiger partial charge < -0.3 is 11.1 Å². The Kier molecular flexibility index (Phi) is 2.99. The molecule has 0 bridgehead atoms. The summed E-state index contributed by atoms with van der Waals surface area (Å²) in [4.78, 5) is 0. The molecule has 88 valence electrons. The minimum absolute atomic E-state index is 0.0477. The number of anilines is 2. The van der Waals surface area contributed by atoms with Gasteiger partial charge in [0.2, 0.25) is 0 Å². The van der Waals surface area contributed by atoms with Gasteiger partial charge in [-0.25, -0.2) is 8.42 Å². The van der Waals surface area contributed by atoms with E-state index in [9.17, 15) is 8.42 Å². The number of halogens is 1. The second-order valence-electron chi connectivity index (χ2n) is 3.98. The predicted octanol–water partition coefficient (Wildman–Crippen LogP) is 1.52. The van der Waals surface area contributed by atoms with Gasteiger partial charge in [-0.3, -0.25) is 0 Å². The van der Waals surface area contributed by atoms with Gasteiger partial charge >= 0.3 is 0 Å². The molecule has 0 aromatic heterocycles. The molecule has 1 unspecified atom stereocenters. The normalized spacial score (nSPS) is 23.2. The van der Waals surface area contributed by atoms with Crippen molar-refractivity contribution in [2.45, 2.75) is 12.5 Å². The van der Waals surface area contributed by atoms with Crippen LogP contribution in [0.4, 0.5) is 11.4 Å².